The van der Waals surface area contributed by atoms with Gasteiger partial charge >= 0.3 is 18.5 Å². The van der Waals surface area contributed by atoms with E-state index in [-0.39, 0.29) is 33.9 Å². The molecule has 0 aliphatic heterocycles. The molecule has 2 aromatic carbocycles. The van der Waals surface area contributed by atoms with Gasteiger partial charge in [0.2, 0.25) is 5.91 Å². The van der Waals surface area contributed by atoms with E-state index in [1.165, 1.54) is 6.07 Å². The first kappa shape index (κ1) is 31.9. The van der Waals surface area contributed by atoms with Crippen molar-refractivity contribution in [2.24, 2.45) is 0 Å². The summed E-state index contributed by atoms with van der Waals surface area (Å²) in [5, 5.41) is 3.53. The Morgan fingerprint density at radius 2 is 1.50 bits per heavy atom. The van der Waals surface area contributed by atoms with Gasteiger partial charge in [-0.15, -0.1) is 0 Å². The van der Waals surface area contributed by atoms with Gasteiger partial charge in [0.05, 0.1) is 11.1 Å². The predicted molar refractivity (Wildman–Crippen MR) is 130 cm³/mol. The normalized spacial score (nSPS) is 16.4. The molecule has 40 heavy (non-hydrogen) atoms. The van der Waals surface area contributed by atoms with Gasteiger partial charge < -0.3 is 10.6 Å². The third-order valence-electron chi connectivity index (χ3n) is 5.74. The van der Waals surface area contributed by atoms with Gasteiger partial charge in [0.15, 0.2) is 0 Å². The Kier molecular flexibility index (Phi) is 9.04. The first-order chi connectivity index (χ1) is 18.2. The van der Waals surface area contributed by atoms with E-state index in [1.54, 1.807) is 5.32 Å². The molecule has 3 rings (SSSR count). The third kappa shape index (κ3) is 7.98. The maximum atomic E-state index is 15.0. The lowest BCUT2D eigenvalue weighted by atomic mass is 9.95. The molecule has 1 fully saturated rings. The number of hydrogen-bond donors (Lipinski definition) is 2. The number of benzene rings is 2. The first-order valence-corrected chi connectivity index (χ1v) is 12.6. The highest BCUT2D eigenvalue weighted by Crippen LogP contribution is 2.42. The number of allylic oxidation sites excluding steroid dienone is 1. The van der Waals surface area contributed by atoms with Crippen LogP contribution in [0.15, 0.2) is 51.4 Å². The molecule has 2 aromatic rings. The number of carbonyl (C=O) groups excluding carboxylic acids is 2. The second kappa shape index (κ2) is 11.3. The Morgan fingerprint density at radius 3 is 1.98 bits per heavy atom. The summed E-state index contributed by atoms with van der Waals surface area (Å²) in [6.07, 6.45) is -15.3. The summed E-state index contributed by atoms with van der Waals surface area (Å²) in [5.41, 5.74) is -6.05. The summed E-state index contributed by atoms with van der Waals surface area (Å²) in [4.78, 5) is 24.7. The third-order valence-corrected chi connectivity index (χ3v) is 6.66. The van der Waals surface area contributed by atoms with E-state index in [0.717, 1.165) is 12.1 Å². The number of rotatable bonds is 7. The van der Waals surface area contributed by atoms with Gasteiger partial charge in [-0.05, 0) is 54.8 Å². The van der Waals surface area contributed by atoms with Crippen LogP contribution < -0.4 is 10.6 Å². The zero-order valence-corrected chi connectivity index (χ0v) is 22.8. The predicted octanol–water partition coefficient (Wildman–Crippen LogP) is 7.83. The van der Waals surface area contributed by atoms with Crippen molar-refractivity contribution in [2.75, 3.05) is 6.54 Å². The molecule has 0 heterocycles. The van der Waals surface area contributed by atoms with E-state index < -0.39 is 76.4 Å². The average molecular weight is 714 g/mol. The summed E-state index contributed by atoms with van der Waals surface area (Å²) in [6, 6.07) is 4.81. The molecule has 0 aromatic heterocycles. The zero-order chi connectivity index (χ0) is 30.3. The number of halogens is 12. The van der Waals surface area contributed by atoms with Crippen LogP contribution in [0, 0.1) is 0 Å². The van der Waals surface area contributed by atoms with Crippen LogP contribution in [0.5, 0.6) is 0 Å². The second-order valence-electron chi connectivity index (χ2n) is 8.83. The van der Waals surface area contributed by atoms with Crippen LogP contribution in [0.3, 0.4) is 0 Å². The minimum absolute atomic E-state index is 0.0909. The van der Waals surface area contributed by atoms with Crippen LogP contribution in [0.4, 0.5) is 43.9 Å². The number of nitrogens with one attached hydrogen (secondary N) is 2. The lowest BCUT2D eigenvalue weighted by molar-refractivity contribution is -0.140. The minimum Gasteiger partial charge on any atom is -0.345 e. The molecule has 4 nitrogen and oxygen atoms in total. The van der Waals surface area contributed by atoms with E-state index in [0.29, 0.717) is 12.1 Å². The first-order valence-electron chi connectivity index (χ1n) is 11.0. The highest BCUT2D eigenvalue weighted by atomic mass is 79.9. The van der Waals surface area contributed by atoms with E-state index >= 15 is 0 Å². The Morgan fingerprint density at radius 1 is 0.925 bits per heavy atom. The number of carbonyl (C=O) groups is 2. The minimum atomic E-state index is -5.29. The van der Waals surface area contributed by atoms with Crippen LogP contribution in [-0.2, 0) is 11.0 Å². The van der Waals surface area contributed by atoms with Crippen molar-refractivity contribution >= 4 is 49.5 Å². The van der Waals surface area contributed by atoms with Gasteiger partial charge in [0.1, 0.15) is 23.8 Å². The van der Waals surface area contributed by atoms with E-state index in [2.05, 4.69) is 31.9 Å². The number of amides is 2. The fraction of sp³-hybridized carbons (Fsp3) is 0.333. The van der Waals surface area contributed by atoms with Crippen LogP contribution in [0.1, 0.15) is 45.8 Å². The quantitative estimate of drug-likeness (QED) is 0.288. The molecular weight excluding hydrogens is 698 g/mol. The maximum Gasteiger partial charge on any atom is 0.417 e. The van der Waals surface area contributed by atoms with Gasteiger partial charge in [0, 0.05) is 14.5 Å². The Bertz CT molecular complexity index is 1310. The summed E-state index contributed by atoms with van der Waals surface area (Å²) in [5.74, 6) is -6.96. The summed E-state index contributed by atoms with van der Waals surface area (Å²) < 4.78 is 135. The lowest BCUT2D eigenvalue weighted by Crippen LogP contribution is -2.51. The van der Waals surface area contributed by atoms with Crippen molar-refractivity contribution in [2.45, 2.75) is 42.8 Å². The van der Waals surface area contributed by atoms with Crippen LogP contribution in [0.25, 0.3) is 5.83 Å². The number of hydrogen-bond acceptors (Lipinski definition) is 2. The molecule has 16 heteroatoms. The molecule has 0 spiro atoms. The van der Waals surface area contributed by atoms with Gasteiger partial charge in [-0.3, -0.25) is 9.59 Å². The van der Waals surface area contributed by atoms with Crippen molar-refractivity contribution in [1.29, 1.82) is 0 Å². The second-order valence-corrected chi connectivity index (χ2v) is 10.7. The average Bonchev–Trinajstić information content (AvgIpc) is 3.58. The molecule has 1 atom stereocenters. The van der Waals surface area contributed by atoms with Gasteiger partial charge in [-0.2, -0.15) is 39.5 Å². The molecule has 1 unspecified atom stereocenters. The molecule has 0 radical (unpaired) electrons. The Balaban J connectivity index is 1.94. The van der Waals surface area contributed by atoms with Crippen molar-refractivity contribution in [3.63, 3.8) is 0 Å². The highest BCUT2D eigenvalue weighted by molar-refractivity contribution is 9.11. The van der Waals surface area contributed by atoms with E-state index in [4.69, 9.17) is 0 Å². The van der Waals surface area contributed by atoms with Crippen LogP contribution in [-0.4, -0.2) is 36.3 Å². The fourth-order valence-corrected chi connectivity index (χ4v) is 5.00. The Hall–Kier alpha value is -2.62. The van der Waals surface area contributed by atoms with Crippen molar-refractivity contribution in [3.8, 4) is 0 Å². The molecular formula is C24H16Br2F10N2O2. The molecule has 0 bridgehead atoms. The van der Waals surface area contributed by atoms with E-state index in [9.17, 15) is 53.5 Å². The largest absolute Gasteiger partial charge is 0.417 e. The van der Waals surface area contributed by atoms with Crippen molar-refractivity contribution in [3.05, 3.63) is 73.7 Å². The summed E-state index contributed by atoms with van der Waals surface area (Å²) in [7, 11) is 0. The SMILES string of the molecule is O=C(NC1(C(=O)NCC(F)(F)F)CC1)c1ccc(/C(F)=C/C(c2cc(Br)cc(Br)c2)C(F)(F)F)cc1C(F)(F)F. The van der Waals surface area contributed by atoms with Gasteiger partial charge in [-0.1, -0.05) is 37.9 Å². The zero-order valence-electron chi connectivity index (χ0n) is 19.6. The molecule has 2 amide bonds. The Labute approximate surface area is 236 Å². The summed E-state index contributed by atoms with van der Waals surface area (Å²) >= 11 is 6.03. The van der Waals surface area contributed by atoms with E-state index in [1.807, 2.05) is 5.32 Å². The molecule has 0 saturated heterocycles. The molecule has 1 aliphatic carbocycles. The molecule has 2 N–H and O–H groups in total. The van der Waals surface area contributed by atoms with Gasteiger partial charge in [-0.25, -0.2) is 4.39 Å². The smallest absolute Gasteiger partial charge is 0.345 e. The van der Waals surface area contributed by atoms with Crippen molar-refractivity contribution in [1.82, 2.24) is 10.6 Å². The topological polar surface area (TPSA) is 58.2 Å². The fourth-order valence-electron chi connectivity index (χ4n) is 3.67. The lowest BCUT2D eigenvalue weighted by Gasteiger charge is -2.20. The maximum absolute atomic E-state index is 15.0. The molecule has 1 aliphatic rings. The van der Waals surface area contributed by atoms with Crippen LogP contribution >= 0.6 is 31.9 Å². The standard InChI is InChI=1S/C24H16Br2F10N2O2/c25-13-5-12(6-14(26)8-13)16(23(31,32)33)9-18(27)11-1-2-15(17(7-11)24(34,35)36)19(39)38-21(3-4-21)20(40)37-10-22(28,29)30/h1-2,5-9,16H,3-4,10H2,(H,37,40)(H,38,39)/b18-9-. The molecule has 218 valence electrons. The number of alkyl halides is 9. The highest BCUT2D eigenvalue weighted by Gasteiger charge is 2.52. The van der Waals surface area contributed by atoms with Crippen LogP contribution in [0.2, 0.25) is 0 Å². The monoisotopic (exact) mass is 712 g/mol. The molecule has 1 saturated carbocycles. The van der Waals surface area contributed by atoms with Crippen molar-refractivity contribution < 1.29 is 53.5 Å². The van der Waals surface area contributed by atoms with Gasteiger partial charge in [0.25, 0.3) is 5.91 Å². The summed E-state index contributed by atoms with van der Waals surface area (Å²) in [6.45, 7) is -1.73.